The Morgan fingerprint density at radius 2 is 1.33 bits per heavy atom. The van der Waals surface area contributed by atoms with Crippen LogP contribution in [0.4, 0.5) is 26.3 Å². The van der Waals surface area contributed by atoms with Crippen molar-refractivity contribution in [3.05, 3.63) is 59.7 Å². The maximum atomic E-state index is 13.3. The molecule has 0 amide bonds. The molecule has 2 aromatic rings. The predicted molar refractivity (Wildman–Crippen MR) is 108 cm³/mol. The molecule has 0 saturated heterocycles. The molecule has 1 aliphatic rings. The largest absolute Gasteiger partial charge is 0.419 e. The summed E-state index contributed by atoms with van der Waals surface area (Å²) in [5.41, 5.74) is -0.599. The Balaban J connectivity index is 0.000000232. The zero-order valence-corrected chi connectivity index (χ0v) is 17.1. The molecule has 1 saturated carbocycles. The molecule has 0 aromatic heterocycles. The molecule has 0 N–H and O–H groups in total. The maximum Gasteiger partial charge on any atom is 0.419 e. The fourth-order valence-electron chi connectivity index (χ4n) is 3.94. The van der Waals surface area contributed by atoms with Gasteiger partial charge >= 0.3 is 6.18 Å². The van der Waals surface area contributed by atoms with Crippen LogP contribution in [0, 0.1) is 23.5 Å². The average molecular weight is 430 g/mol. The normalized spacial score (nSPS) is 19.2. The van der Waals surface area contributed by atoms with Crippen molar-refractivity contribution in [2.24, 2.45) is 11.8 Å². The van der Waals surface area contributed by atoms with Crippen molar-refractivity contribution in [3.63, 3.8) is 0 Å². The fourth-order valence-corrected chi connectivity index (χ4v) is 3.94. The molecular formula is C24H28F6. The van der Waals surface area contributed by atoms with Gasteiger partial charge in [0.2, 0.25) is 0 Å². The molecule has 1 aliphatic carbocycles. The number of hydrogen-bond donors (Lipinski definition) is 0. The third-order valence-electron chi connectivity index (χ3n) is 5.63. The van der Waals surface area contributed by atoms with Gasteiger partial charge in [-0.05, 0) is 53.6 Å². The average Bonchev–Trinajstić information content (AvgIpc) is 2.70. The van der Waals surface area contributed by atoms with Gasteiger partial charge in [-0.15, -0.1) is 0 Å². The lowest BCUT2D eigenvalue weighted by atomic mass is 9.79. The first-order valence-corrected chi connectivity index (χ1v) is 10.4. The van der Waals surface area contributed by atoms with E-state index in [1.807, 2.05) is 0 Å². The second-order valence-corrected chi connectivity index (χ2v) is 7.85. The second-order valence-electron chi connectivity index (χ2n) is 7.85. The van der Waals surface area contributed by atoms with Crippen molar-refractivity contribution < 1.29 is 26.3 Å². The van der Waals surface area contributed by atoms with Gasteiger partial charge in [-0.2, -0.15) is 13.2 Å². The van der Waals surface area contributed by atoms with Gasteiger partial charge in [0, 0.05) is 0 Å². The van der Waals surface area contributed by atoms with Gasteiger partial charge in [0.25, 0.3) is 0 Å². The van der Waals surface area contributed by atoms with Gasteiger partial charge in [0.1, 0.15) is 11.6 Å². The smallest absolute Gasteiger partial charge is 0.251 e. The molecule has 6 heteroatoms. The van der Waals surface area contributed by atoms with Crippen LogP contribution in [0.25, 0.3) is 11.1 Å². The van der Waals surface area contributed by atoms with Gasteiger partial charge in [0.15, 0.2) is 0 Å². The maximum absolute atomic E-state index is 13.3. The topological polar surface area (TPSA) is 0 Å². The standard InChI is InChI=1S/C13H7F5.C11H21F/c14-10-4-1-8(2-5-10)9-3-6-11(12(15)7-9)13(16,17)18;1-2-3-10-4-6-11(7-5-10)8-9-12/h1-7H;10-11H,2-9H2,1H3. The molecule has 0 bridgehead atoms. The number of benzene rings is 2. The third kappa shape index (κ3) is 7.37. The van der Waals surface area contributed by atoms with Gasteiger partial charge in [-0.3, -0.25) is 4.39 Å². The molecule has 2 aromatic carbocycles. The van der Waals surface area contributed by atoms with Crippen LogP contribution in [0.1, 0.15) is 57.4 Å². The Bertz CT molecular complexity index is 744. The summed E-state index contributed by atoms with van der Waals surface area (Å²) < 4.78 is 75.1. The summed E-state index contributed by atoms with van der Waals surface area (Å²) in [6.07, 6.45) is 4.10. The summed E-state index contributed by atoms with van der Waals surface area (Å²) in [5, 5.41) is 0. The molecule has 0 radical (unpaired) electrons. The summed E-state index contributed by atoms with van der Waals surface area (Å²) in [4.78, 5) is 0. The van der Waals surface area contributed by atoms with Crippen LogP contribution >= 0.6 is 0 Å². The summed E-state index contributed by atoms with van der Waals surface area (Å²) in [6, 6.07) is 7.67. The summed E-state index contributed by atoms with van der Waals surface area (Å²) in [6.45, 7) is 2.15. The van der Waals surface area contributed by atoms with Crippen LogP contribution in [0.3, 0.4) is 0 Å². The number of hydrogen-bond acceptors (Lipinski definition) is 0. The summed E-state index contributed by atoms with van der Waals surface area (Å²) >= 11 is 0. The van der Waals surface area contributed by atoms with Gasteiger partial charge in [0.05, 0.1) is 12.2 Å². The molecular weight excluding hydrogens is 402 g/mol. The van der Waals surface area contributed by atoms with Crippen molar-refractivity contribution >= 4 is 0 Å². The molecule has 1 fully saturated rings. The van der Waals surface area contributed by atoms with Crippen molar-refractivity contribution in [2.45, 2.75) is 58.0 Å². The van der Waals surface area contributed by atoms with E-state index in [-0.39, 0.29) is 12.2 Å². The summed E-state index contributed by atoms with van der Waals surface area (Å²) in [5.74, 6) is -0.135. The zero-order valence-electron chi connectivity index (χ0n) is 17.1. The molecule has 30 heavy (non-hydrogen) atoms. The van der Waals surface area contributed by atoms with Crippen LogP contribution in [0.2, 0.25) is 0 Å². The van der Waals surface area contributed by atoms with E-state index in [1.54, 1.807) is 0 Å². The number of rotatable bonds is 5. The highest BCUT2D eigenvalue weighted by Gasteiger charge is 2.33. The Morgan fingerprint density at radius 3 is 1.80 bits per heavy atom. The van der Waals surface area contributed by atoms with E-state index in [1.165, 1.54) is 50.7 Å². The fraction of sp³-hybridized carbons (Fsp3) is 0.500. The van der Waals surface area contributed by atoms with Gasteiger partial charge < -0.3 is 0 Å². The van der Waals surface area contributed by atoms with Crippen molar-refractivity contribution in [1.82, 2.24) is 0 Å². The third-order valence-corrected chi connectivity index (χ3v) is 5.63. The zero-order chi connectivity index (χ0) is 22.1. The van der Waals surface area contributed by atoms with Crippen molar-refractivity contribution in [1.29, 1.82) is 0 Å². The first-order chi connectivity index (χ1) is 14.2. The highest BCUT2D eigenvalue weighted by atomic mass is 19.4. The minimum absolute atomic E-state index is 0.108. The number of halogens is 6. The van der Waals surface area contributed by atoms with Crippen LogP contribution in [0.15, 0.2) is 42.5 Å². The van der Waals surface area contributed by atoms with Crippen molar-refractivity contribution in [2.75, 3.05) is 6.67 Å². The van der Waals surface area contributed by atoms with E-state index >= 15 is 0 Å². The van der Waals surface area contributed by atoms with E-state index in [4.69, 9.17) is 0 Å². The Labute approximate surface area is 174 Å². The Kier molecular flexibility index (Phi) is 9.25. The quantitative estimate of drug-likeness (QED) is 0.417. The SMILES string of the molecule is CCCC1CCC(CCF)CC1.Fc1ccc(-c2ccc(C(F)(F)F)c(F)c2)cc1. The van der Waals surface area contributed by atoms with Crippen LogP contribution in [0.5, 0.6) is 0 Å². The van der Waals surface area contributed by atoms with E-state index in [2.05, 4.69) is 6.92 Å². The molecule has 0 heterocycles. The lowest BCUT2D eigenvalue weighted by molar-refractivity contribution is -0.139. The minimum Gasteiger partial charge on any atom is -0.251 e. The monoisotopic (exact) mass is 430 g/mol. The van der Waals surface area contributed by atoms with Gasteiger partial charge in [-0.25, -0.2) is 8.78 Å². The van der Waals surface area contributed by atoms with E-state index in [9.17, 15) is 26.3 Å². The minimum atomic E-state index is -4.72. The van der Waals surface area contributed by atoms with Crippen molar-refractivity contribution in [3.8, 4) is 11.1 Å². The lowest BCUT2D eigenvalue weighted by Crippen LogP contribution is -2.14. The molecule has 0 aliphatic heterocycles. The predicted octanol–water partition coefficient (Wildman–Crippen LogP) is 8.60. The number of alkyl halides is 4. The highest BCUT2D eigenvalue weighted by molar-refractivity contribution is 5.63. The van der Waals surface area contributed by atoms with Crippen LogP contribution in [-0.2, 0) is 6.18 Å². The van der Waals surface area contributed by atoms with Gasteiger partial charge in [-0.1, -0.05) is 63.6 Å². The van der Waals surface area contributed by atoms with Crippen LogP contribution < -0.4 is 0 Å². The Hall–Kier alpha value is -1.98. The van der Waals surface area contributed by atoms with E-state index < -0.39 is 23.4 Å². The first kappa shape index (κ1) is 24.3. The summed E-state index contributed by atoms with van der Waals surface area (Å²) in [7, 11) is 0. The molecule has 0 spiro atoms. The molecule has 166 valence electrons. The Morgan fingerprint density at radius 1 is 0.800 bits per heavy atom. The van der Waals surface area contributed by atoms with Crippen LogP contribution in [-0.4, -0.2) is 6.67 Å². The molecule has 0 atom stereocenters. The highest BCUT2D eigenvalue weighted by Crippen LogP contribution is 2.34. The van der Waals surface area contributed by atoms with E-state index in [0.29, 0.717) is 17.5 Å². The lowest BCUT2D eigenvalue weighted by Gasteiger charge is -2.27. The molecule has 3 rings (SSSR count). The molecule has 0 unspecified atom stereocenters. The molecule has 0 nitrogen and oxygen atoms in total. The first-order valence-electron chi connectivity index (χ1n) is 10.4. The van der Waals surface area contributed by atoms with E-state index in [0.717, 1.165) is 36.6 Å². The second kappa shape index (κ2) is 11.4.